The van der Waals surface area contributed by atoms with Gasteiger partial charge in [0.2, 0.25) is 6.79 Å². The van der Waals surface area contributed by atoms with Crippen LogP contribution in [0.1, 0.15) is 13.8 Å². The molecule has 1 aliphatic heterocycles. The monoisotopic (exact) mass is 391 g/mol. The predicted molar refractivity (Wildman–Crippen MR) is 113 cm³/mol. The van der Waals surface area contributed by atoms with Crippen molar-refractivity contribution in [3.63, 3.8) is 0 Å². The number of ether oxygens (including phenoxy) is 4. The first kappa shape index (κ1) is 17.7. The number of rotatable bonds is 3. The van der Waals surface area contributed by atoms with E-state index in [0.717, 1.165) is 32.8 Å². The standard InChI is InChI=1S/C23H21NO5/c1-12(2)29-21-9-16-14-6-5-13-7-19-20(28-11-27-19)8-15(13)22(14)24(3)23(25)17(16)10-18(21)26-4/h5-10,12H,11H2,1-4H3. The van der Waals surface area contributed by atoms with Crippen molar-refractivity contribution in [1.82, 2.24) is 4.57 Å². The zero-order valence-corrected chi connectivity index (χ0v) is 16.7. The molecule has 0 N–H and O–H groups in total. The van der Waals surface area contributed by atoms with E-state index >= 15 is 0 Å². The lowest BCUT2D eigenvalue weighted by Gasteiger charge is -2.17. The number of hydrogen-bond acceptors (Lipinski definition) is 5. The summed E-state index contributed by atoms with van der Waals surface area (Å²) in [6.45, 7) is 4.13. The number of hydrogen-bond donors (Lipinski definition) is 0. The van der Waals surface area contributed by atoms with E-state index < -0.39 is 0 Å². The lowest BCUT2D eigenvalue weighted by atomic mass is 10.00. The van der Waals surface area contributed by atoms with Crippen LogP contribution in [0.25, 0.3) is 32.4 Å². The van der Waals surface area contributed by atoms with Gasteiger partial charge in [-0.25, -0.2) is 0 Å². The molecular formula is C23H21NO5. The van der Waals surface area contributed by atoms with E-state index in [4.69, 9.17) is 18.9 Å². The molecule has 6 heteroatoms. The SMILES string of the molecule is COc1cc2c(=O)n(C)c3c4cc5c(cc4ccc3c2cc1OC(C)C)OCO5. The number of methoxy groups -OCH3 is 1. The molecule has 0 fully saturated rings. The smallest absolute Gasteiger partial charge is 0.258 e. The number of fused-ring (bicyclic) bond motifs is 6. The van der Waals surface area contributed by atoms with E-state index in [9.17, 15) is 4.79 Å². The summed E-state index contributed by atoms with van der Waals surface area (Å²) >= 11 is 0. The molecule has 0 atom stereocenters. The van der Waals surface area contributed by atoms with Gasteiger partial charge in [0.25, 0.3) is 5.56 Å². The zero-order valence-electron chi connectivity index (χ0n) is 16.7. The van der Waals surface area contributed by atoms with E-state index in [1.807, 2.05) is 44.2 Å². The van der Waals surface area contributed by atoms with Crippen LogP contribution < -0.4 is 24.5 Å². The summed E-state index contributed by atoms with van der Waals surface area (Å²) in [5.41, 5.74) is 0.756. The van der Waals surface area contributed by atoms with Crippen molar-refractivity contribution < 1.29 is 18.9 Å². The van der Waals surface area contributed by atoms with Gasteiger partial charge in [-0.1, -0.05) is 12.1 Å². The number of nitrogens with zero attached hydrogens (tertiary/aromatic N) is 1. The third kappa shape index (κ3) is 2.59. The van der Waals surface area contributed by atoms with Gasteiger partial charge in [-0.15, -0.1) is 0 Å². The molecule has 0 unspecified atom stereocenters. The van der Waals surface area contributed by atoms with Gasteiger partial charge < -0.3 is 23.5 Å². The molecule has 148 valence electrons. The molecule has 1 aliphatic rings. The first-order valence-electron chi connectivity index (χ1n) is 9.51. The Kier molecular flexibility index (Phi) is 3.84. The number of aromatic nitrogens is 1. The maximum Gasteiger partial charge on any atom is 0.258 e. The third-order valence-electron chi connectivity index (χ3n) is 5.31. The van der Waals surface area contributed by atoms with Crippen LogP contribution in [0.2, 0.25) is 0 Å². The molecule has 6 nitrogen and oxygen atoms in total. The fraction of sp³-hybridized carbons (Fsp3) is 0.261. The molecule has 0 aliphatic carbocycles. The van der Waals surface area contributed by atoms with Crippen molar-refractivity contribution in [2.24, 2.45) is 7.05 Å². The van der Waals surface area contributed by atoms with Crippen molar-refractivity contribution in [2.45, 2.75) is 20.0 Å². The Balaban J connectivity index is 1.93. The average molecular weight is 391 g/mol. The Hall–Kier alpha value is -3.41. The summed E-state index contributed by atoms with van der Waals surface area (Å²) < 4.78 is 24.2. The van der Waals surface area contributed by atoms with Crippen LogP contribution in [0.5, 0.6) is 23.0 Å². The Morgan fingerprint density at radius 1 is 0.931 bits per heavy atom. The molecule has 0 spiro atoms. The van der Waals surface area contributed by atoms with Crippen molar-refractivity contribution in [1.29, 1.82) is 0 Å². The quantitative estimate of drug-likeness (QED) is 0.486. The fourth-order valence-corrected chi connectivity index (χ4v) is 4.02. The first-order chi connectivity index (χ1) is 14.0. The molecule has 5 rings (SSSR count). The van der Waals surface area contributed by atoms with Gasteiger partial charge >= 0.3 is 0 Å². The Bertz CT molecular complexity index is 1350. The van der Waals surface area contributed by atoms with Gasteiger partial charge in [0.1, 0.15) is 0 Å². The van der Waals surface area contributed by atoms with Crippen LogP contribution >= 0.6 is 0 Å². The lowest BCUT2D eigenvalue weighted by molar-refractivity contribution is 0.174. The highest BCUT2D eigenvalue weighted by atomic mass is 16.7. The lowest BCUT2D eigenvalue weighted by Crippen LogP contribution is -2.18. The number of aryl methyl sites for hydroxylation is 1. The molecule has 29 heavy (non-hydrogen) atoms. The van der Waals surface area contributed by atoms with E-state index in [1.54, 1.807) is 24.8 Å². The zero-order chi connectivity index (χ0) is 20.3. The summed E-state index contributed by atoms with van der Waals surface area (Å²) in [4.78, 5) is 13.2. The average Bonchev–Trinajstić information content (AvgIpc) is 3.16. The van der Waals surface area contributed by atoms with Gasteiger partial charge in [-0.05, 0) is 43.5 Å². The molecule has 0 bridgehead atoms. The van der Waals surface area contributed by atoms with E-state index in [-0.39, 0.29) is 18.5 Å². The highest BCUT2D eigenvalue weighted by molar-refractivity contribution is 6.16. The highest BCUT2D eigenvalue weighted by Gasteiger charge is 2.19. The maximum absolute atomic E-state index is 13.2. The summed E-state index contributed by atoms with van der Waals surface area (Å²) in [5.74, 6) is 2.58. The Labute approximate surface area is 167 Å². The Morgan fingerprint density at radius 2 is 1.66 bits per heavy atom. The minimum Gasteiger partial charge on any atom is -0.493 e. The minimum absolute atomic E-state index is 0.0141. The molecule has 1 aromatic heterocycles. The second-order valence-electron chi connectivity index (χ2n) is 7.47. The molecule has 0 saturated carbocycles. The van der Waals surface area contributed by atoms with Gasteiger partial charge in [-0.3, -0.25) is 4.79 Å². The summed E-state index contributed by atoms with van der Waals surface area (Å²) in [5, 5.41) is 4.32. The molecular weight excluding hydrogens is 370 g/mol. The third-order valence-corrected chi connectivity index (χ3v) is 5.31. The summed E-state index contributed by atoms with van der Waals surface area (Å²) in [7, 11) is 3.37. The molecule has 3 aromatic carbocycles. The van der Waals surface area contributed by atoms with Crippen molar-refractivity contribution >= 4 is 32.4 Å². The van der Waals surface area contributed by atoms with Crippen LogP contribution in [0.3, 0.4) is 0 Å². The Morgan fingerprint density at radius 3 is 2.38 bits per heavy atom. The van der Waals surface area contributed by atoms with Gasteiger partial charge in [-0.2, -0.15) is 0 Å². The second kappa shape index (κ2) is 6.30. The van der Waals surface area contributed by atoms with E-state index in [1.165, 1.54) is 0 Å². The summed E-state index contributed by atoms with van der Waals surface area (Å²) in [6.07, 6.45) is -0.0141. The molecule has 0 amide bonds. The predicted octanol–water partition coefficient (Wildman–Crippen LogP) is 4.37. The van der Waals surface area contributed by atoms with Crippen LogP contribution in [0.15, 0.2) is 41.2 Å². The summed E-state index contributed by atoms with van der Waals surface area (Å²) in [6, 6.07) is 11.6. The van der Waals surface area contributed by atoms with E-state index in [0.29, 0.717) is 22.6 Å². The highest BCUT2D eigenvalue weighted by Crippen LogP contribution is 2.40. The van der Waals surface area contributed by atoms with Gasteiger partial charge in [0.15, 0.2) is 23.0 Å². The maximum atomic E-state index is 13.2. The topological polar surface area (TPSA) is 58.9 Å². The van der Waals surface area contributed by atoms with Crippen LogP contribution in [-0.2, 0) is 7.05 Å². The van der Waals surface area contributed by atoms with Crippen LogP contribution in [-0.4, -0.2) is 24.6 Å². The van der Waals surface area contributed by atoms with Crippen LogP contribution in [0.4, 0.5) is 0 Å². The first-order valence-corrected chi connectivity index (χ1v) is 9.51. The number of benzene rings is 3. The fourth-order valence-electron chi connectivity index (χ4n) is 4.02. The largest absolute Gasteiger partial charge is 0.493 e. The van der Waals surface area contributed by atoms with Crippen molar-refractivity contribution in [3.8, 4) is 23.0 Å². The number of pyridine rings is 1. The molecule has 2 heterocycles. The normalized spacial score (nSPS) is 13.0. The van der Waals surface area contributed by atoms with Gasteiger partial charge in [0, 0.05) is 23.2 Å². The molecule has 4 aromatic rings. The van der Waals surface area contributed by atoms with Gasteiger partial charge in [0.05, 0.1) is 24.1 Å². The van der Waals surface area contributed by atoms with Crippen molar-refractivity contribution in [2.75, 3.05) is 13.9 Å². The van der Waals surface area contributed by atoms with Crippen molar-refractivity contribution in [3.05, 3.63) is 46.8 Å². The molecule has 0 saturated heterocycles. The van der Waals surface area contributed by atoms with E-state index in [2.05, 4.69) is 0 Å². The molecule has 0 radical (unpaired) electrons. The minimum atomic E-state index is -0.0907. The second-order valence-corrected chi connectivity index (χ2v) is 7.47. The van der Waals surface area contributed by atoms with Crippen LogP contribution in [0, 0.1) is 0 Å².